The van der Waals surface area contributed by atoms with Gasteiger partial charge in [-0.05, 0) is 15.9 Å². The van der Waals surface area contributed by atoms with Gasteiger partial charge in [0.25, 0.3) is 0 Å². The summed E-state index contributed by atoms with van der Waals surface area (Å²) in [6.07, 6.45) is 0. The van der Waals surface area contributed by atoms with Crippen LogP contribution in [0.5, 0.6) is 23.0 Å². The minimum atomic E-state index is 0.0412. The molecule has 1 N–H and O–H groups in total. The molecule has 0 aliphatic rings. The molecule has 1 aromatic rings. The number of hydrogen-bond acceptors (Lipinski definition) is 4. The van der Waals surface area contributed by atoms with Gasteiger partial charge in [0.2, 0.25) is 5.75 Å². The summed E-state index contributed by atoms with van der Waals surface area (Å²) in [5.74, 6) is 1.31. The number of aromatic hydroxyl groups is 1. The van der Waals surface area contributed by atoms with Crippen LogP contribution in [0.15, 0.2) is 10.5 Å². The number of hydrogen-bond donors (Lipinski definition) is 1. The summed E-state index contributed by atoms with van der Waals surface area (Å²) < 4.78 is 15.7. The first-order valence-electron chi connectivity index (χ1n) is 3.83. The zero-order chi connectivity index (χ0) is 10.7. The second-order valence-corrected chi connectivity index (χ2v) is 3.27. The average molecular weight is 263 g/mol. The monoisotopic (exact) mass is 262 g/mol. The molecule has 0 radical (unpaired) electrons. The van der Waals surface area contributed by atoms with Crippen LogP contribution in [-0.4, -0.2) is 26.4 Å². The molecule has 0 amide bonds. The van der Waals surface area contributed by atoms with Gasteiger partial charge in [-0.15, -0.1) is 0 Å². The van der Waals surface area contributed by atoms with Gasteiger partial charge in [0.15, 0.2) is 11.5 Å². The fourth-order valence-electron chi connectivity index (χ4n) is 1.11. The van der Waals surface area contributed by atoms with Crippen molar-refractivity contribution in [2.24, 2.45) is 0 Å². The molecular weight excluding hydrogens is 252 g/mol. The molecule has 0 spiro atoms. The van der Waals surface area contributed by atoms with E-state index in [-0.39, 0.29) is 5.75 Å². The van der Waals surface area contributed by atoms with Crippen LogP contribution in [0.2, 0.25) is 0 Å². The largest absolute Gasteiger partial charge is 0.506 e. The Morgan fingerprint density at radius 3 is 2.07 bits per heavy atom. The maximum Gasteiger partial charge on any atom is 0.204 e. The maximum absolute atomic E-state index is 9.50. The summed E-state index contributed by atoms with van der Waals surface area (Å²) in [4.78, 5) is 0. The molecule has 0 fully saturated rings. The van der Waals surface area contributed by atoms with Crippen molar-refractivity contribution in [3.63, 3.8) is 0 Å². The summed E-state index contributed by atoms with van der Waals surface area (Å²) in [6, 6.07) is 1.45. The number of benzene rings is 1. The van der Waals surface area contributed by atoms with E-state index in [0.717, 1.165) is 0 Å². The SMILES string of the molecule is COc1cc(O)c(Br)c(OC)c1OC. The molecular formula is C9H11BrO4. The Bertz CT molecular complexity index is 338. The van der Waals surface area contributed by atoms with Gasteiger partial charge >= 0.3 is 0 Å². The van der Waals surface area contributed by atoms with Crippen LogP contribution < -0.4 is 14.2 Å². The van der Waals surface area contributed by atoms with Gasteiger partial charge in [0, 0.05) is 6.07 Å². The highest BCUT2D eigenvalue weighted by atomic mass is 79.9. The van der Waals surface area contributed by atoms with E-state index in [1.807, 2.05) is 0 Å². The standard InChI is InChI=1S/C9H11BrO4/c1-12-6-4-5(11)7(10)9(14-3)8(6)13-2/h4,11H,1-3H3. The second kappa shape index (κ2) is 4.41. The summed E-state index contributed by atoms with van der Waals surface area (Å²) in [5, 5.41) is 9.50. The molecule has 1 aromatic carbocycles. The highest BCUT2D eigenvalue weighted by molar-refractivity contribution is 9.10. The first-order valence-corrected chi connectivity index (χ1v) is 4.62. The first kappa shape index (κ1) is 11.0. The van der Waals surface area contributed by atoms with Crippen molar-refractivity contribution < 1.29 is 19.3 Å². The maximum atomic E-state index is 9.50. The van der Waals surface area contributed by atoms with E-state index in [1.54, 1.807) is 0 Å². The van der Waals surface area contributed by atoms with Crippen molar-refractivity contribution in [3.8, 4) is 23.0 Å². The first-order chi connectivity index (χ1) is 6.65. The molecule has 0 aliphatic carbocycles. The molecule has 4 nitrogen and oxygen atoms in total. The Morgan fingerprint density at radius 2 is 1.64 bits per heavy atom. The third-order valence-electron chi connectivity index (χ3n) is 1.75. The normalized spacial score (nSPS) is 9.71. The lowest BCUT2D eigenvalue weighted by Gasteiger charge is -2.14. The van der Waals surface area contributed by atoms with Gasteiger partial charge in [-0.2, -0.15) is 0 Å². The fraction of sp³-hybridized carbons (Fsp3) is 0.333. The van der Waals surface area contributed by atoms with Gasteiger partial charge in [-0.25, -0.2) is 0 Å². The predicted molar refractivity (Wildman–Crippen MR) is 55.5 cm³/mol. The summed E-state index contributed by atoms with van der Waals surface area (Å²) >= 11 is 3.18. The number of phenols is 1. The van der Waals surface area contributed by atoms with Crippen molar-refractivity contribution in [3.05, 3.63) is 10.5 Å². The summed E-state index contributed by atoms with van der Waals surface area (Å²) in [5.41, 5.74) is 0. The van der Waals surface area contributed by atoms with E-state index >= 15 is 0 Å². The van der Waals surface area contributed by atoms with E-state index in [1.165, 1.54) is 27.4 Å². The molecule has 0 heterocycles. The van der Waals surface area contributed by atoms with Crippen LogP contribution in [0.3, 0.4) is 0 Å². The molecule has 1 rings (SSSR count). The molecule has 0 atom stereocenters. The minimum Gasteiger partial charge on any atom is -0.506 e. The number of methoxy groups -OCH3 is 3. The smallest absolute Gasteiger partial charge is 0.204 e. The lowest BCUT2D eigenvalue weighted by atomic mass is 10.2. The summed E-state index contributed by atoms with van der Waals surface area (Å²) in [6.45, 7) is 0. The highest BCUT2D eigenvalue weighted by Gasteiger charge is 2.18. The number of ether oxygens (including phenoxy) is 3. The molecule has 78 valence electrons. The van der Waals surface area contributed by atoms with Crippen molar-refractivity contribution in [2.75, 3.05) is 21.3 Å². The van der Waals surface area contributed by atoms with Gasteiger partial charge in [-0.3, -0.25) is 0 Å². The number of halogens is 1. The second-order valence-electron chi connectivity index (χ2n) is 2.48. The Balaban J connectivity index is 3.42. The van der Waals surface area contributed by atoms with Crippen LogP contribution in [0.1, 0.15) is 0 Å². The Morgan fingerprint density at radius 1 is 1.07 bits per heavy atom. The van der Waals surface area contributed by atoms with Gasteiger partial charge in [0.05, 0.1) is 21.3 Å². The van der Waals surface area contributed by atoms with Crippen molar-refractivity contribution in [1.29, 1.82) is 0 Å². The van der Waals surface area contributed by atoms with Crippen LogP contribution in [0.25, 0.3) is 0 Å². The van der Waals surface area contributed by atoms with Gasteiger partial charge < -0.3 is 19.3 Å². The quantitative estimate of drug-likeness (QED) is 0.907. The zero-order valence-electron chi connectivity index (χ0n) is 8.13. The van der Waals surface area contributed by atoms with Crippen LogP contribution in [0, 0.1) is 0 Å². The zero-order valence-corrected chi connectivity index (χ0v) is 9.71. The molecule has 0 bridgehead atoms. The molecule has 0 aliphatic heterocycles. The number of rotatable bonds is 3. The fourth-order valence-corrected chi connectivity index (χ4v) is 1.56. The van der Waals surface area contributed by atoms with Crippen molar-refractivity contribution in [2.45, 2.75) is 0 Å². The van der Waals surface area contributed by atoms with E-state index < -0.39 is 0 Å². The molecule has 0 unspecified atom stereocenters. The molecule has 5 heteroatoms. The van der Waals surface area contributed by atoms with E-state index in [4.69, 9.17) is 14.2 Å². The van der Waals surface area contributed by atoms with E-state index in [0.29, 0.717) is 21.7 Å². The van der Waals surface area contributed by atoms with Gasteiger partial charge in [0.1, 0.15) is 10.2 Å². The van der Waals surface area contributed by atoms with Crippen LogP contribution in [0.4, 0.5) is 0 Å². The Kier molecular flexibility index (Phi) is 3.46. The Hall–Kier alpha value is -1.10. The lowest BCUT2D eigenvalue weighted by Crippen LogP contribution is -1.95. The number of phenolic OH excluding ortho intramolecular Hbond substituents is 1. The van der Waals surface area contributed by atoms with E-state index in [9.17, 15) is 5.11 Å². The molecule has 14 heavy (non-hydrogen) atoms. The molecule has 0 saturated heterocycles. The topological polar surface area (TPSA) is 47.9 Å². The third kappa shape index (κ3) is 1.72. The molecule has 0 aromatic heterocycles. The molecule has 0 saturated carbocycles. The highest BCUT2D eigenvalue weighted by Crippen LogP contribution is 2.47. The van der Waals surface area contributed by atoms with Crippen molar-refractivity contribution >= 4 is 15.9 Å². The lowest BCUT2D eigenvalue weighted by molar-refractivity contribution is 0.318. The van der Waals surface area contributed by atoms with Crippen LogP contribution in [-0.2, 0) is 0 Å². The predicted octanol–water partition coefficient (Wildman–Crippen LogP) is 2.18. The van der Waals surface area contributed by atoms with E-state index in [2.05, 4.69) is 15.9 Å². The average Bonchev–Trinajstić information content (AvgIpc) is 2.20. The Labute approximate surface area is 90.5 Å². The van der Waals surface area contributed by atoms with Crippen LogP contribution >= 0.6 is 15.9 Å². The summed E-state index contributed by atoms with van der Waals surface area (Å²) in [7, 11) is 4.48. The van der Waals surface area contributed by atoms with Gasteiger partial charge in [-0.1, -0.05) is 0 Å². The third-order valence-corrected chi connectivity index (χ3v) is 2.52. The minimum absolute atomic E-state index is 0.0412. The van der Waals surface area contributed by atoms with Crippen molar-refractivity contribution in [1.82, 2.24) is 0 Å².